The Morgan fingerprint density at radius 3 is 2.06 bits per heavy atom. The normalized spacial score (nSPS) is 11.3. The van der Waals surface area contributed by atoms with Crippen LogP contribution in [0.3, 0.4) is 0 Å². The molecule has 0 saturated heterocycles. The van der Waals surface area contributed by atoms with Crippen molar-refractivity contribution in [2.45, 2.75) is 26.2 Å². The third kappa shape index (κ3) is 2.70. The molecule has 0 saturated carbocycles. The first-order valence-corrected chi connectivity index (χ1v) is 6.34. The fraction of sp³-hybridized carbons (Fsp3) is 0.222. The SMILES string of the molecule is C=C(c1ccccc1)c1cccc(C(C)(C)C)c1. The minimum Gasteiger partial charge on any atom is -0.0906 e. The molecule has 0 N–H and O–H groups in total. The maximum atomic E-state index is 4.22. The Balaban J connectivity index is 2.38. The number of benzene rings is 2. The molecule has 0 atom stereocenters. The first-order chi connectivity index (χ1) is 8.48. The summed E-state index contributed by atoms with van der Waals surface area (Å²) in [6.45, 7) is 10.9. The van der Waals surface area contributed by atoms with E-state index in [4.69, 9.17) is 0 Å². The monoisotopic (exact) mass is 236 g/mol. The van der Waals surface area contributed by atoms with E-state index in [2.05, 4.69) is 63.7 Å². The molecule has 0 fully saturated rings. The van der Waals surface area contributed by atoms with Crippen molar-refractivity contribution in [3.63, 3.8) is 0 Å². The summed E-state index contributed by atoms with van der Waals surface area (Å²) in [6, 6.07) is 19.0. The minimum atomic E-state index is 0.174. The van der Waals surface area contributed by atoms with Crippen LogP contribution in [0.5, 0.6) is 0 Å². The summed E-state index contributed by atoms with van der Waals surface area (Å²) in [5, 5.41) is 0. The fourth-order valence-electron chi connectivity index (χ4n) is 1.98. The first kappa shape index (κ1) is 12.6. The van der Waals surface area contributed by atoms with E-state index in [1.54, 1.807) is 0 Å². The van der Waals surface area contributed by atoms with Crippen LogP contribution in [0.4, 0.5) is 0 Å². The van der Waals surface area contributed by atoms with Gasteiger partial charge in [-0.25, -0.2) is 0 Å². The quantitative estimate of drug-likeness (QED) is 0.684. The van der Waals surface area contributed by atoms with Crippen molar-refractivity contribution < 1.29 is 0 Å². The van der Waals surface area contributed by atoms with Crippen LogP contribution in [0.25, 0.3) is 5.57 Å². The van der Waals surface area contributed by atoms with Gasteiger partial charge in [0.2, 0.25) is 0 Å². The van der Waals surface area contributed by atoms with Gasteiger partial charge in [-0.05, 0) is 27.7 Å². The van der Waals surface area contributed by atoms with E-state index in [0.29, 0.717) is 0 Å². The van der Waals surface area contributed by atoms with Crippen LogP contribution in [0.15, 0.2) is 61.2 Å². The molecule has 0 heteroatoms. The summed E-state index contributed by atoms with van der Waals surface area (Å²) in [5.74, 6) is 0. The van der Waals surface area contributed by atoms with Crippen LogP contribution in [0, 0.1) is 0 Å². The third-order valence-electron chi connectivity index (χ3n) is 3.20. The van der Waals surface area contributed by atoms with Gasteiger partial charge in [0.1, 0.15) is 0 Å². The molecule has 2 rings (SSSR count). The number of hydrogen-bond acceptors (Lipinski definition) is 0. The Hall–Kier alpha value is -1.82. The van der Waals surface area contributed by atoms with Crippen molar-refractivity contribution in [1.29, 1.82) is 0 Å². The number of rotatable bonds is 2. The highest BCUT2D eigenvalue weighted by Gasteiger charge is 2.14. The van der Waals surface area contributed by atoms with Crippen molar-refractivity contribution in [1.82, 2.24) is 0 Å². The van der Waals surface area contributed by atoms with E-state index in [1.165, 1.54) is 16.7 Å². The molecule has 92 valence electrons. The lowest BCUT2D eigenvalue weighted by Crippen LogP contribution is -2.11. The van der Waals surface area contributed by atoms with E-state index in [1.807, 2.05) is 18.2 Å². The molecule has 0 heterocycles. The van der Waals surface area contributed by atoms with E-state index >= 15 is 0 Å². The Bertz CT molecular complexity index is 542. The molecule has 2 aromatic rings. The molecule has 0 amide bonds. The van der Waals surface area contributed by atoms with Gasteiger partial charge in [-0.3, -0.25) is 0 Å². The van der Waals surface area contributed by atoms with Crippen LogP contribution in [0.2, 0.25) is 0 Å². The molecule has 2 aromatic carbocycles. The average molecular weight is 236 g/mol. The predicted molar refractivity (Wildman–Crippen MR) is 79.7 cm³/mol. The van der Waals surface area contributed by atoms with Gasteiger partial charge in [0, 0.05) is 0 Å². The second kappa shape index (κ2) is 4.81. The lowest BCUT2D eigenvalue weighted by Gasteiger charge is -2.20. The van der Waals surface area contributed by atoms with Crippen molar-refractivity contribution in [2.75, 3.05) is 0 Å². The predicted octanol–water partition coefficient (Wildman–Crippen LogP) is 5.05. The summed E-state index contributed by atoms with van der Waals surface area (Å²) >= 11 is 0. The van der Waals surface area contributed by atoms with Crippen LogP contribution in [0.1, 0.15) is 37.5 Å². The standard InChI is InChI=1S/C18H20/c1-14(15-9-6-5-7-10-15)16-11-8-12-17(13-16)18(2,3)4/h5-13H,1H2,2-4H3. The highest BCUT2D eigenvalue weighted by atomic mass is 14.2. The van der Waals surface area contributed by atoms with Gasteiger partial charge < -0.3 is 0 Å². The van der Waals surface area contributed by atoms with Gasteiger partial charge in [-0.1, -0.05) is 81.9 Å². The van der Waals surface area contributed by atoms with Crippen molar-refractivity contribution in [2.24, 2.45) is 0 Å². The Labute approximate surface area is 110 Å². The summed E-state index contributed by atoms with van der Waals surface area (Å²) in [4.78, 5) is 0. The molecule has 0 nitrogen and oxygen atoms in total. The zero-order chi connectivity index (χ0) is 13.2. The molecular weight excluding hydrogens is 216 g/mol. The first-order valence-electron chi connectivity index (χ1n) is 6.34. The smallest absolute Gasteiger partial charge is 0.0132 e. The Kier molecular flexibility index (Phi) is 3.38. The number of hydrogen-bond donors (Lipinski definition) is 0. The van der Waals surface area contributed by atoms with E-state index < -0.39 is 0 Å². The fourth-order valence-corrected chi connectivity index (χ4v) is 1.98. The molecule has 0 bridgehead atoms. The van der Waals surface area contributed by atoms with Crippen molar-refractivity contribution >= 4 is 5.57 Å². The van der Waals surface area contributed by atoms with Crippen LogP contribution < -0.4 is 0 Å². The minimum absolute atomic E-state index is 0.174. The van der Waals surface area contributed by atoms with Crippen molar-refractivity contribution in [3.8, 4) is 0 Å². The molecule has 0 radical (unpaired) electrons. The van der Waals surface area contributed by atoms with Crippen LogP contribution >= 0.6 is 0 Å². The second-order valence-corrected chi connectivity index (χ2v) is 5.68. The molecule has 0 aliphatic rings. The molecular formula is C18H20. The molecule has 0 aliphatic carbocycles. The highest BCUT2D eigenvalue weighted by molar-refractivity contribution is 5.78. The molecule has 0 aliphatic heterocycles. The van der Waals surface area contributed by atoms with Gasteiger partial charge >= 0.3 is 0 Å². The zero-order valence-electron chi connectivity index (χ0n) is 11.4. The van der Waals surface area contributed by atoms with Crippen LogP contribution in [-0.2, 0) is 5.41 Å². The van der Waals surface area contributed by atoms with Gasteiger partial charge in [0.15, 0.2) is 0 Å². The largest absolute Gasteiger partial charge is 0.0906 e. The van der Waals surface area contributed by atoms with E-state index in [9.17, 15) is 0 Å². The van der Waals surface area contributed by atoms with Gasteiger partial charge in [0.25, 0.3) is 0 Å². The zero-order valence-corrected chi connectivity index (χ0v) is 11.4. The summed E-state index contributed by atoms with van der Waals surface area (Å²) in [5.41, 5.74) is 4.99. The Morgan fingerprint density at radius 1 is 0.833 bits per heavy atom. The lowest BCUT2D eigenvalue weighted by molar-refractivity contribution is 0.590. The van der Waals surface area contributed by atoms with Gasteiger partial charge in [-0.15, -0.1) is 0 Å². The van der Waals surface area contributed by atoms with Crippen LogP contribution in [-0.4, -0.2) is 0 Å². The second-order valence-electron chi connectivity index (χ2n) is 5.68. The van der Waals surface area contributed by atoms with Gasteiger partial charge in [0.05, 0.1) is 0 Å². The molecule has 0 unspecified atom stereocenters. The molecule has 18 heavy (non-hydrogen) atoms. The van der Waals surface area contributed by atoms with Gasteiger partial charge in [-0.2, -0.15) is 0 Å². The summed E-state index contributed by atoms with van der Waals surface area (Å²) in [6.07, 6.45) is 0. The van der Waals surface area contributed by atoms with Crippen molar-refractivity contribution in [3.05, 3.63) is 77.9 Å². The molecule has 0 aromatic heterocycles. The van der Waals surface area contributed by atoms with E-state index in [-0.39, 0.29) is 5.41 Å². The average Bonchev–Trinajstić information content (AvgIpc) is 2.38. The molecule has 0 spiro atoms. The topological polar surface area (TPSA) is 0 Å². The van der Waals surface area contributed by atoms with E-state index in [0.717, 1.165) is 5.57 Å². The lowest BCUT2D eigenvalue weighted by atomic mass is 9.85. The maximum absolute atomic E-state index is 4.22. The summed E-state index contributed by atoms with van der Waals surface area (Å²) < 4.78 is 0. The maximum Gasteiger partial charge on any atom is -0.0132 e. The third-order valence-corrected chi connectivity index (χ3v) is 3.20. The highest BCUT2D eigenvalue weighted by Crippen LogP contribution is 2.27. The summed E-state index contributed by atoms with van der Waals surface area (Å²) in [7, 11) is 0. The Morgan fingerprint density at radius 2 is 1.44 bits per heavy atom.